The second kappa shape index (κ2) is 6.95. The Labute approximate surface area is 126 Å². The van der Waals surface area contributed by atoms with Gasteiger partial charge < -0.3 is 14.6 Å². The van der Waals surface area contributed by atoms with E-state index in [9.17, 15) is 4.79 Å². The van der Waals surface area contributed by atoms with E-state index in [-0.39, 0.29) is 6.54 Å². The minimum absolute atomic E-state index is 0.0187. The normalized spacial score (nSPS) is 13.6. The molecule has 0 bridgehead atoms. The van der Waals surface area contributed by atoms with Gasteiger partial charge in [-0.2, -0.15) is 0 Å². The summed E-state index contributed by atoms with van der Waals surface area (Å²) in [5.41, 5.74) is 0.942. The number of carboxylic acid groups (broad SMARTS) is 1. The molecule has 0 unspecified atom stereocenters. The van der Waals surface area contributed by atoms with Crippen molar-refractivity contribution >= 4 is 21.9 Å². The van der Waals surface area contributed by atoms with E-state index < -0.39 is 5.97 Å². The second-order valence-corrected chi connectivity index (χ2v) is 5.51. The van der Waals surface area contributed by atoms with E-state index in [1.807, 2.05) is 24.0 Å². The molecule has 1 heterocycles. The number of nitrogens with zero attached hydrogens (tertiary/aromatic N) is 1. The fraction of sp³-hybridized carbons (Fsp3) is 0.500. The first-order valence-electron chi connectivity index (χ1n) is 6.63. The first-order valence-corrected chi connectivity index (χ1v) is 7.42. The molecule has 2 rings (SSSR count). The molecule has 0 aliphatic carbocycles. The van der Waals surface area contributed by atoms with Gasteiger partial charge in [0.05, 0.1) is 6.54 Å². The summed E-state index contributed by atoms with van der Waals surface area (Å²) < 4.78 is 12.2. The quantitative estimate of drug-likeness (QED) is 0.859. The number of aliphatic carboxylic acids is 1. The van der Waals surface area contributed by atoms with Crippen LogP contribution in [0.3, 0.4) is 0 Å². The largest absolute Gasteiger partial charge is 0.486 e. The highest BCUT2D eigenvalue weighted by atomic mass is 79.9. The van der Waals surface area contributed by atoms with Crippen molar-refractivity contribution in [1.29, 1.82) is 0 Å². The molecule has 0 aromatic heterocycles. The third-order valence-corrected chi connectivity index (χ3v) is 3.78. The Hall–Kier alpha value is -1.27. The van der Waals surface area contributed by atoms with Gasteiger partial charge in [-0.25, -0.2) is 0 Å². The van der Waals surface area contributed by atoms with Gasteiger partial charge in [0.15, 0.2) is 11.5 Å². The third kappa shape index (κ3) is 3.64. The predicted octanol–water partition coefficient (Wildman–Crippen LogP) is 2.52. The number of carbonyl (C=O) groups is 1. The zero-order chi connectivity index (χ0) is 14.5. The Morgan fingerprint density at radius 2 is 2.15 bits per heavy atom. The topological polar surface area (TPSA) is 59.0 Å². The highest BCUT2D eigenvalue weighted by molar-refractivity contribution is 9.10. The summed E-state index contributed by atoms with van der Waals surface area (Å²) in [6.45, 7) is 4.36. The summed E-state index contributed by atoms with van der Waals surface area (Å²) in [5.74, 6) is 0.620. The van der Waals surface area contributed by atoms with Crippen molar-refractivity contribution in [1.82, 2.24) is 4.90 Å². The Balaban J connectivity index is 2.24. The summed E-state index contributed by atoms with van der Waals surface area (Å²) in [7, 11) is 0. The lowest BCUT2D eigenvalue weighted by atomic mass is 10.1. The Kier molecular flexibility index (Phi) is 5.25. The molecule has 6 heteroatoms. The van der Waals surface area contributed by atoms with Crippen LogP contribution in [0.2, 0.25) is 0 Å². The summed E-state index contributed by atoms with van der Waals surface area (Å²) >= 11 is 3.51. The maximum absolute atomic E-state index is 10.9. The molecule has 110 valence electrons. The molecule has 1 N–H and O–H groups in total. The lowest BCUT2D eigenvalue weighted by Gasteiger charge is -2.25. The van der Waals surface area contributed by atoms with Crippen LogP contribution in [0.25, 0.3) is 0 Å². The monoisotopic (exact) mass is 343 g/mol. The first kappa shape index (κ1) is 15.1. The lowest BCUT2D eigenvalue weighted by molar-refractivity contribution is -0.138. The predicted molar refractivity (Wildman–Crippen MR) is 78.3 cm³/mol. The number of benzene rings is 1. The van der Waals surface area contributed by atoms with E-state index in [0.717, 1.165) is 34.5 Å². The number of hydrogen-bond acceptors (Lipinski definition) is 4. The molecule has 0 fully saturated rings. The maximum Gasteiger partial charge on any atom is 0.317 e. The van der Waals surface area contributed by atoms with Crippen molar-refractivity contribution in [2.45, 2.75) is 19.9 Å². The fourth-order valence-corrected chi connectivity index (χ4v) is 2.68. The van der Waals surface area contributed by atoms with Crippen molar-refractivity contribution in [3.05, 3.63) is 22.2 Å². The van der Waals surface area contributed by atoms with Crippen molar-refractivity contribution < 1.29 is 19.4 Å². The Morgan fingerprint density at radius 3 is 2.85 bits per heavy atom. The standard InChI is InChI=1S/C14H18BrNO4/c1-2-5-16(9-13(17)18)8-10-11(15)3-4-12-14(10)20-7-6-19-12/h3-4H,2,5-9H2,1H3,(H,17,18). The maximum atomic E-state index is 10.9. The second-order valence-electron chi connectivity index (χ2n) is 4.65. The zero-order valence-electron chi connectivity index (χ0n) is 11.4. The molecule has 1 aliphatic heterocycles. The van der Waals surface area contributed by atoms with Crippen LogP contribution >= 0.6 is 15.9 Å². The van der Waals surface area contributed by atoms with Crippen LogP contribution in [0, 0.1) is 0 Å². The molecule has 0 saturated carbocycles. The summed E-state index contributed by atoms with van der Waals surface area (Å²) in [6, 6.07) is 3.77. The van der Waals surface area contributed by atoms with Gasteiger partial charge in [0, 0.05) is 16.6 Å². The van der Waals surface area contributed by atoms with E-state index in [1.165, 1.54) is 0 Å². The number of rotatable bonds is 6. The zero-order valence-corrected chi connectivity index (χ0v) is 13.0. The van der Waals surface area contributed by atoms with E-state index in [4.69, 9.17) is 14.6 Å². The van der Waals surface area contributed by atoms with Crippen LogP contribution in [-0.4, -0.2) is 42.3 Å². The van der Waals surface area contributed by atoms with Gasteiger partial charge >= 0.3 is 5.97 Å². The number of carboxylic acids is 1. The molecule has 0 radical (unpaired) electrons. The van der Waals surface area contributed by atoms with E-state index in [2.05, 4.69) is 15.9 Å². The molecule has 0 atom stereocenters. The van der Waals surface area contributed by atoms with Gasteiger partial charge in [-0.15, -0.1) is 0 Å². The van der Waals surface area contributed by atoms with E-state index in [1.54, 1.807) is 0 Å². The average molecular weight is 344 g/mol. The average Bonchev–Trinajstić information content (AvgIpc) is 2.41. The Bertz CT molecular complexity index is 492. The summed E-state index contributed by atoms with van der Waals surface area (Å²) in [5, 5.41) is 8.99. The first-order chi connectivity index (χ1) is 9.61. The van der Waals surface area contributed by atoms with Gasteiger partial charge in [-0.3, -0.25) is 9.69 Å². The van der Waals surface area contributed by atoms with Crippen LogP contribution in [0.15, 0.2) is 16.6 Å². The van der Waals surface area contributed by atoms with Crippen LogP contribution < -0.4 is 9.47 Å². The summed E-state index contributed by atoms with van der Waals surface area (Å²) in [4.78, 5) is 12.8. The highest BCUT2D eigenvalue weighted by Crippen LogP contribution is 2.38. The minimum Gasteiger partial charge on any atom is -0.486 e. The molecule has 0 saturated heterocycles. The SMILES string of the molecule is CCCN(CC(=O)O)Cc1c(Br)ccc2c1OCCO2. The van der Waals surface area contributed by atoms with Crippen LogP contribution in [0.5, 0.6) is 11.5 Å². The molecule has 20 heavy (non-hydrogen) atoms. The fourth-order valence-electron chi connectivity index (χ4n) is 2.24. The number of halogens is 1. The minimum atomic E-state index is -0.823. The van der Waals surface area contributed by atoms with Gasteiger partial charge in [0.1, 0.15) is 13.2 Å². The summed E-state index contributed by atoms with van der Waals surface area (Å²) in [6.07, 6.45) is 0.900. The number of hydrogen-bond donors (Lipinski definition) is 1. The lowest BCUT2D eigenvalue weighted by Crippen LogP contribution is -2.30. The molecule has 0 amide bonds. The molecule has 5 nitrogen and oxygen atoms in total. The van der Waals surface area contributed by atoms with Crippen LogP contribution in [-0.2, 0) is 11.3 Å². The third-order valence-electron chi connectivity index (χ3n) is 3.03. The highest BCUT2D eigenvalue weighted by Gasteiger charge is 2.21. The van der Waals surface area contributed by atoms with Gasteiger partial charge in [-0.05, 0) is 25.1 Å². The van der Waals surface area contributed by atoms with E-state index in [0.29, 0.717) is 19.8 Å². The Morgan fingerprint density at radius 1 is 1.40 bits per heavy atom. The number of ether oxygens (including phenoxy) is 2. The molecule has 1 aromatic rings. The van der Waals surface area contributed by atoms with Crippen molar-refractivity contribution in [3.8, 4) is 11.5 Å². The smallest absolute Gasteiger partial charge is 0.317 e. The van der Waals surface area contributed by atoms with Crippen LogP contribution in [0.4, 0.5) is 0 Å². The molecular weight excluding hydrogens is 326 g/mol. The van der Waals surface area contributed by atoms with Crippen molar-refractivity contribution in [3.63, 3.8) is 0 Å². The van der Waals surface area contributed by atoms with Crippen molar-refractivity contribution in [2.75, 3.05) is 26.3 Å². The molecule has 1 aliphatic rings. The molecular formula is C14H18BrNO4. The number of fused-ring (bicyclic) bond motifs is 1. The van der Waals surface area contributed by atoms with Crippen molar-refractivity contribution in [2.24, 2.45) is 0 Å². The van der Waals surface area contributed by atoms with Gasteiger partial charge in [0.25, 0.3) is 0 Å². The molecule has 1 aromatic carbocycles. The van der Waals surface area contributed by atoms with Crippen LogP contribution in [0.1, 0.15) is 18.9 Å². The van der Waals surface area contributed by atoms with Gasteiger partial charge in [0.2, 0.25) is 0 Å². The van der Waals surface area contributed by atoms with E-state index >= 15 is 0 Å². The molecule has 0 spiro atoms. The van der Waals surface area contributed by atoms with Gasteiger partial charge in [-0.1, -0.05) is 22.9 Å².